The van der Waals surface area contributed by atoms with Gasteiger partial charge in [0, 0.05) is 24.8 Å². The summed E-state index contributed by atoms with van der Waals surface area (Å²) < 4.78 is 0. The largest absolute Gasteiger partial charge is 0.327 e. The van der Waals surface area contributed by atoms with E-state index in [1.807, 2.05) is 18.2 Å². The number of likely N-dealkylation sites (tertiary alicyclic amines) is 1. The number of nitrogens with two attached hydrogens (primary N) is 1. The molecule has 0 aromatic heterocycles. The van der Waals surface area contributed by atoms with Gasteiger partial charge in [0.15, 0.2) is 0 Å². The fourth-order valence-electron chi connectivity index (χ4n) is 2.97. The van der Waals surface area contributed by atoms with Gasteiger partial charge in [-0.1, -0.05) is 32.4 Å². The van der Waals surface area contributed by atoms with Crippen LogP contribution in [-0.4, -0.2) is 36.5 Å². The molecule has 4 heteroatoms. The summed E-state index contributed by atoms with van der Waals surface area (Å²) in [4.78, 5) is 14.4. The molecule has 2 rings (SSSR count). The van der Waals surface area contributed by atoms with E-state index in [9.17, 15) is 4.79 Å². The van der Waals surface area contributed by atoms with Crippen LogP contribution in [0.3, 0.4) is 0 Å². The standard InChI is InChI=1S/C17H27N3O/c1-3-13-6-5-7-15(10-13)19-17(21)12-20-9-8-16(18)14(4-2)11-20/h5-7,10,14,16H,3-4,8-9,11-12,18H2,1-2H3,(H,19,21). The number of nitrogens with one attached hydrogen (secondary N) is 1. The van der Waals surface area contributed by atoms with Crippen molar-refractivity contribution in [1.82, 2.24) is 4.90 Å². The first-order valence-corrected chi connectivity index (χ1v) is 7.99. The summed E-state index contributed by atoms with van der Waals surface area (Å²) in [7, 11) is 0. The van der Waals surface area contributed by atoms with Crippen molar-refractivity contribution >= 4 is 11.6 Å². The molecule has 0 radical (unpaired) electrons. The number of aryl methyl sites for hydroxylation is 1. The predicted molar refractivity (Wildman–Crippen MR) is 87.3 cm³/mol. The number of carbonyl (C=O) groups is 1. The zero-order valence-electron chi connectivity index (χ0n) is 13.1. The summed E-state index contributed by atoms with van der Waals surface area (Å²) in [5, 5.41) is 3.00. The number of amides is 1. The zero-order valence-corrected chi connectivity index (χ0v) is 13.1. The first-order valence-electron chi connectivity index (χ1n) is 7.99. The average molecular weight is 289 g/mol. The van der Waals surface area contributed by atoms with Gasteiger partial charge in [0.25, 0.3) is 0 Å². The average Bonchev–Trinajstić information content (AvgIpc) is 2.49. The molecule has 1 aromatic carbocycles. The van der Waals surface area contributed by atoms with Crippen LogP contribution in [-0.2, 0) is 11.2 Å². The molecule has 2 atom stereocenters. The highest BCUT2D eigenvalue weighted by Gasteiger charge is 2.26. The van der Waals surface area contributed by atoms with Gasteiger partial charge < -0.3 is 11.1 Å². The number of hydrogen-bond acceptors (Lipinski definition) is 3. The van der Waals surface area contributed by atoms with Crippen LogP contribution in [0.25, 0.3) is 0 Å². The lowest BCUT2D eigenvalue weighted by Crippen LogP contribution is -2.48. The summed E-state index contributed by atoms with van der Waals surface area (Å²) in [6.45, 7) is 6.59. The van der Waals surface area contributed by atoms with Gasteiger partial charge in [0.05, 0.1) is 6.54 Å². The Labute approximate surface area is 127 Å². The van der Waals surface area contributed by atoms with Crippen LogP contribution >= 0.6 is 0 Å². The smallest absolute Gasteiger partial charge is 0.238 e. The summed E-state index contributed by atoms with van der Waals surface area (Å²) in [6, 6.07) is 8.34. The number of anilines is 1. The fraction of sp³-hybridized carbons (Fsp3) is 0.588. The molecule has 1 aromatic rings. The van der Waals surface area contributed by atoms with Crippen molar-refractivity contribution in [2.24, 2.45) is 11.7 Å². The summed E-state index contributed by atoms with van der Waals surface area (Å²) >= 11 is 0. The molecule has 1 aliphatic heterocycles. The van der Waals surface area contributed by atoms with E-state index in [1.165, 1.54) is 5.56 Å². The number of hydrogen-bond donors (Lipinski definition) is 2. The SMILES string of the molecule is CCc1cccc(NC(=O)CN2CCC(N)C(CC)C2)c1. The molecule has 1 heterocycles. The molecule has 1 fully saturated rings. The minimum atomic E-state index is 0.0635. The molecule has 1 amide bonds. The normalized spacial score (nSPS) is 23.0. The Balaban J connectivity index is 1.86. The molecule has 0 spiro atoms. The van der Waals surface area contributed by atoms with Crippen LogP contribution in [0.15, 0.2) is 24.3 Å². The first kappa shape index (κ1) is 16.0. The van der Waals surface area contributed by atoms with Gasteiger partial charge in [-0.2, -0.15) is 0 Å². The van der Waals surface area contributed by atoms with Gasteiger partial charge in [-0.25, -0.2) is 0 Å². The van der Waals surface area contributed by atoms with Crippen molar-refractivity contribution in [3.8, 4) is 0 Å². The minimum absolute atomic E-state index is 0.0635. The third kappa shape index (κ3) is 4.55. The summed E-state index contributed by atoms with van der Waals surface area (Å²) in [6.07, 6.45) is 3.04. The first-order chi connectivity index (χ1) is 10.1. The van der Waals surface area contributed by atoms with E-state index < -0.39 is 0 Å². The van der Waals surface area contributed by atoms with Crippen molar-refractivity contribution in [2.75, 3.05) is 25.0 Å². The van der Waals surface area contributed by atoms with Gasteiger partial charge in [0.2, 0.25) is 5.91 Å². The third-order valence-corrected chi connectivity index (χ3v) is 4.39. The minimum Gasteiger partial charge on any atom is -0.327 e. The highest BCUT2D eigenvalue weighted by atomic mass is 16.2. The van der Waals surface area contributed by atoms with Crippen LogP contribution in [0.1, 0.15) is 32.3 Å². The Morgan fingerprint density at radius 3 is 2.95 bits per heavy atom. The van der Waals surface area contributed by atoms with Gasteiger partial charge in [0.1, 0.15) is 0 Å². The van der Waals surface area contributed by atoms with Crippen LogP contribution in [0.5, 0.6) is 0 Å². The Hall–Kier alpha value is -1.39. The van der Waals surface area contributed by atoms with E-state index in [-0.39, 0.29) is 11.9 Å². The predicted octanol–water partition coefficient (Wildman–Crippen LogP) is 2.25. The second-order valence-electron chi connectivity index (χ2n) is 5.96. The lowest BCUT2D eigenvalue weighted by Gasteiger charge is -2.36. The third-order valence-electron chi connectivity index (χ3n) is 4.39. The second-order valence-corrected chi connectivity index (χ2v) is 5.96. The van der Waals surface area contributed by atoms with E-state index in [0.717, 1.165) is 38.0 Å². The van der Waals surface area contributed by atoms with Crippen molar-refractivity contribution < 1.29 is 4.79 Å². The van der Waals surface area contributed by atoms with E-state index >= 15 is 0 Å². The van der Waals surface area contributed by atoms with Gasteiger partial charge >= 0.3 is 0 Å². The molecule has 116 valence electrons. The van der Waals surface area contributed by atoms with Crippen LogP contribution in [0, 0.1) is 5.92 Å². The maximum atomic E-state index is 12.2. The maximum Gasteiger partial charge on any atom is 0.238 e. The lowest BCUT2D eigenvalue weighted by atomic mass is 9.91. The summed E-state index contributed by atoms with van der Waals surface area (Å²) in [5.74, 6) is 0.573. The zero-order chi connectivity index (χ0) is 15.2. The molecule has 0 bridgehead atoms. The molecule has 21 heavy (non-hydrogen) atoms. The van der Waals surface area contributed by atoms with E-state index in [0.29, 0.717) is 12.5 Å². The van der Waals surface area contributed by atoms with Crippen LogP contribution in [0.4, 0.5) is 5.69 Å². The molecule has 0 saturated carbocycles. The Kier molecular flexibility index (Phi) is 5.76. The highest BCUT2D eigenvalue weighted by Crippen LogP contribution is 2.18. The van der Waals surface area contributed by atoms with Gasteiger partial charge in [-0.05, 0) is 36.5 Å². The van der Waals surface area contributed by atoms with Gasteiger partial charge in [-0.15, -0.1) is 0 Å². The number of piperidine rings is 1. The molecular formula is C17H27N3O. The van der Waals surface area contributed by atoms with Gasteiger partial charge in [-0.3, -0.25) is 9.69 Å². The van der Waals surface area contributed by atoms with E-state index in [1.54, 1.807) is 0 Å². The van der Waals surface area contributed by atoms with Crippen molar-refractivity contribution in [1.29, 1.82) is 0 Å². The topological polar surface area (TPSA) is 58.4 Å². The highest BCUT2D eigenvalue weighted by molar-refractivity contribution is 5.92. The molecule has 1 aliphatic rings. The second kappa shape index (κ2) is 7.57. The van der Waals surface area contributed by atoms with Crippen LogP contribution in [0.2, 0.25) is 0 Å². The van der Waals surface area contributed by atoms with Crippen LogP contribution < -0.4 is 11.1 Å². The van der Waals surface area contributed by atoms with E-state index in [4.69, 9.17) is 5.73 Å². The lowest BCUT2D eigenvalue weighted by molar-refractivity contribution is -0.117. The monoisotopic (exact) mass is 289 g/mol. The number of carbonyl (C=O) groups excluding carboxylic acids is 1. The molecule has 3 N–H and O–H groups in total. The Bertz CT molecular complexity index is 475. The molecule has 0 aliphatic carbocycles. The Morgan fingerprint density at radius 1 is 1.43 bits per heavy atom. The summed E-state index contributed by atoms with van der Waals surface area (Å²) in [5.41, 5.74) is 8.24. The molecular weight excluding hydrogens is 262 g/mol. The number of rotatable bonds is 5. The van der Waals surface area contributed by atoms with Crippen molar-refractivity contribution in [2.45, 2.75) is 39.2 Å². The number of nitrogens with zero attached hydrogens (tertiary/aromatic N) is 1. The van der Waals surface area contributed by atoms with E-state index in [2.05, 4.69) is 30.1 Å². The fourth-order valence-corrected chi connectivity index (χ4v) is 2.97. The number of benzene rings is 1. The molecule has 4 nitrogen and oxygen atoms in total. The quantitative estimate of drug-likeness (QED) is 0.874. The van der Waals surface area contributed by atoms with Crippen molar-refractivity contribution in [3.05, 3.63) is 29.8 Å². The van der Waals surface area contributed by atoms with Crippen molar-refractivity contribution in [3.63, 3.8) is 0 Å². The Morgan fingerprint density at radius 2 is 2.24 bits per heavy atom. The molecule has 2 unspecified atom stereocenters. The molecule has 1 saturated heterocycles. The maximum absolute atomic E-state index is 12.2.